The van der Waals surface area contributed by atoms with Gasteiger partial charge in [0.1, 0.15) is 5.82 Å². The molecule has 3 nitrogen and oxygen atoms in total. The Labute approximate surface area is 114 Å². The summed E-state index contributed by atoms with van der Waals surface area (Å²) in [4.78, 5) is 0. The van der Waals surface area contributed by atoms with E-state index in [0.29, 0.717) is 0 Å². The molecule has 2 rings (SSSR count). The topological polar surface area (TPSA) is 29.9 Å². The van der Waals surface area contributed by atoms with E-state index in [2.05, 4.69) is 26.3 Å². The number of nitrogens with zero attached hydrogens (tertiary/aromatic N) is 2. The highest BCUT2D eigenvalue weighted by Gasteiger charge is 2.17. The van der Waals surface area contributed by atoms with Gasteiger partial charge in [-0.1, -0.05) is 22.9 Å². The van der Waals surface area contributed by atoms with Crippen LogP contribution < -0.4 is 5.32 Å². The molecule has 0 fully saturated rings. The zero-order valence-electron chi connectivity index (χ0n) is 10.3. The van der Waals surface area contributed by atoms with E-state index >= 15 is 0 Å². The molecule has 0 aliphatic carbocycles. The van der Waals surface area contributed by atoms with Gasteiger partial charge in [-0.05, 0) is 36.4 Å². The average molecular weight is 312 g/mol. The summed E-state index contributed by atoms with van der Waals surface area (Å²) in [6.45, 7) is 2.82. The lowest BCUT2D eigenvalue weighted by atomic mass is 10.0. The molecule has 0 spiro atoms. The van der Waals surface area contributed by atoms with E-state index in [0.717, 1.165) is 22.3 Å². The second-order valence-corrected chi connectivity index (χ2v) is 4.99. The normalized spacial score (nSPS) is 12.7. The third-order valence-corrected chi connectivity index (χ3v) is 3.24. The molecule has 1 heterocycles. The largest absolute Gasteiger partial charge is 0.305 e. The molecule has 0 saturated heterocycles. The minimum absolute atomic E-state index is 0.0606. The number of benzene rings is 1. The fraction of sp³-hybridized carbons (Fsp3) is 0.308. The minimum Gasteiger partial charge on any atom is -0.305 e. The van der Waals surface area contributed by atoms with Gasteiger partial charge in [0.05, 0.1) is 11.7 Å². The lowest BCUT2D eigenvalue weighted by molar-refractivity contribution is 0.564. The van der Waals surface area contributed by atoms with E-state index < -0.39 is 0 Å². The zero-order valence-corrected chi connectivity index (χ0v) is 11.9. The molecule has 0 aliphatic rings. The van der Waals surface area contributed by atoms with Gasteiger partial charge in [-0.15, -0.1) is 0 Å². The van der Waals surface area contributed by atoms with E-state index in [4.69, 9.17) is 0 Å². The molecule has 96 valence electrons. The van der Waals surface area contributed by atoms with E-state index in [9.17, 15) is 4.39 Å². The van der Waals surface area contributed by atoms with Crippen LogP contribution in [0, 0.1) is 5.82 Å². The van der Waals surface area contributed by atoms with Crippen molar-refractivity contribution in [3.63, 3.8) is 0 Å². The standard InChI is InChI=1S/C13H15BrFN3/c1-3-16-13(12-4-5-17-18(12)2)9-6-10(14)8-11(15)7-9/h4-8,13,16H,3H2,1-2H3. The highest BCUT2D eigenvalue weighted by atomic mass is 79.9. The molecule has 1 aromatic heterocycles. The monoisotopic (exact) mass is 311 g/mol. The summed E-state index contributed by atoms with van der Waals surface area (Å²) in [6.07, 6.45) is 1.74. The maximum absolute atomic E-state index is 13.5. The Morgan fingerprint density at radius 3 is 2.78 bits per heavy atom. The van der Waals surface area contributed by atoms with Crippen LogP contribution in [0.4, 0.5) is 4.39 Å². The van der Waals surface area contributed by atoms with Crippen molar-refractivity contribution in [1.82, 2.24) is 15.1 Å². The van der Waals surface area contributed by atoms with Gasteiger partial charge in [0.25, 0.3) is 0 Å². The van der Waals surface area contributed by atoms with Crippen molar-refractivity contribution in [2.75, 3.05) is 6.54 Å². The van der Waals surface area contributed by atoms with Crippen molar-refractivity contribution in [2.24, 2.45) is 7.05 Å². The zero-order chi connectivity index (χ0) is 13.1. The number of aryl methyl sites for hydroxylation is 1. The Hall–Kier alpha value is -1.20. The van der Waals surface area contributed by atoms with Crippen molar-refractivity contribution in [3.05, 3.63) is 52.0 Å². The number of hydrogen-bond donors (Lipinski definition) is 1. The first-order valence-corrected chi connectivity index (χ1v) is 6.58. The van der Waals surface area contributed by atoms with Gasteiger partial charge in [0.15, 0.2) is 0 Å². The smallest absolute Gasteiger partial charge is 0.124 e. The lowest BCUT2D eigenvalue weighted by Gasteiger charge is -2.19. The molecule has 1 atom stereocenters. The van der Waals surface area contributed by atoms with Gasteiger partial charge in [-0.3, -0.25) is 4.68 Å². The summed E-state index contributed by atoms with van der Waals surface area (Å²) in [5, 5.41) is 7.51. The maximum atomic E-state index is 13.5. The third kappa shape index (κ3) is 2.79. The van der Waals surface area contributed by atoms with Gasteiger partial charge >= 0.3 is 0 Å². The molecule has 0 amide bonds. The molecule has 0 aliphatic heterocycles. The van der Waals surface area contributed by atoms with Crippen LogP contribution in [0.2, 0.25) is 0 Å². The van der Waals surface area contributed by atoms with Crippen molar-refractivity contribution in [3.8, 4) is 0 Å². The molecule has 2 aromatic rings. The first kappa shape index (κ1) is 13.2. The van der Waals surface area contributed by atoms with Crippen LogP contribution in [0.5, 0.6) is 0 Å². The Balaban J connectivity index is 2.44. The van der Waals surface area contributed by atoms with Crippen LogP contribution in [0.25, 0.3) is 0 Å². The predicted octanol–water partition coefficient (Wildman–Crippen LogP) is 3.02. The van der Waals surface area contributed by atoms with Gasteiger partial charge in [-0.25, -0.2) is 4.39 Å². The number of aromatic nitrogens is 2. The van der Waals surface area contributed by atoms with Crippen LogP contribution in [-0.2, 0) is 7.05 Å². The number of halogens is 2. The van der Waals surface area contributed by atoms with Crippen LogP contribution >= 0.6 is 15.9 Å². The van der Waals surface area contributed by atoms with E-state index in [1.54, 1.807) is 16.9 Å². The minimum atomic E-state index is -0.246. The summed E-state index contributed by atoms with van der Waals surface area (Å²) in [7, 11) is 1.88. The summed E-state index contributed by atoms with van der Waals surface area (Å²) >= 11 is 3.32. The Morgan fingerprint density at radius 1 is 1.44 bits per heavy atom. The quantitative estimate of drug-likeness (QED) is 0.940. The van der Waals surface area contributed by atoms with Crippen molar-refractivity contribution >= 4 is 15.9 Å². The highest BCUT2D eigenvalue weighted by Crippen LogP contribution is 2.25. The van der Waals surface area contributed by atoms with Crippen molar-refractivity contribution in [2.45, 2.75) is 13.0 Å². The molecule has 1 N–H and O–H groups in total. The predicted molar refractivity (Wildman–Crippen MR) is 72.8 cm³/mol. The van der Waals surface area contributed by atoms with Gasteiger partial charge in [0.2, 0.25) is 0 Å². The molecule has 5 heteroatoms. The Bertz CT molecular complexity index is 519. The van der Waals surface area contributed by atoms with Crippen LogP contribution in [-0.4, -0.2) is 16.3 Å². The van der Waals surface area contributed by atoms with Crippen LogP contribution in [0.1, 0.15) is 24.2 Å². The third-order valence-electron chi connectivity index (χ3n) is 2.78. The SMILES string of the molecule is CCNC(c1cc(F)cc(Br)c1)c1ccnn1C. The highest BCUT2D eigenvalue weighted by molar-refractivity contribution is 9.10. The molecule has 0 saturated carbocycles. The molecule has 1 unspecified atom stereocenters. The van der Waals surface area contributed by atoms with Gasteiger partial charge in [-0.2, -0.15) is 5.10 Å². The van der Waals surface area contributed by atoms with Crippen LogP contribution in [0.3, 0.4) is 0 Å². The molecule has 0 bridgehead atoms. The summed E-state index contributed by atoms with van der Waals surface area (Å²) in [5.41, 5.74) is 1.89. The summed E-state index contributed by atoms with van der Waals surface area (Å²) < 4.78 is 16.0. The lowest BCUT2D eigenvalue weighted by Crippen LogP contribution is -2.24. The molecular weight excluding hydrogens is 297 g/mol. The maximum Gasteiger partial charge on any atom is 0.124 e. The Kier molecular flexibility index (Phi) is 4.14. The van der Waals surface area contributed by atoms with Crippen molar-refractivity contribution < 1.29 is 4.39 Å². The van der Waals surface area contributed by atoms with E-state index in [1.165, 1.54) is 6.07 Å². The second-order valence-electron chi connectivity index (χ2n) is 4.07. The number of nitrogens with one attached hydrogen (secondary N) is 1. The molecular formula is C13H15BrFN3. The van der Waals surface area contributed by atoms with Crippen molar-refractivity contribution in [1.29, 1.82) is 0 Å². The second kappa shape index (κ2) is 5.63. The Morgan fingerprint density at radius 2 is 2.22 bits per heavy atom. The fourth-order valence-corrected chi connectivity index (χ4v) is 2.49. The van der Waals surface area contributed by atoms with Gasteiger partial charge in [0, 0.05) is 17.7 Å². The van der Waals surface area contributed by atoms with Crippen LogP contribution in [0.15, 0.2) is 34.9 Å². The summed E-state index contributed by atoms with van der Waals surface area (Å²) in [5.74, 6) is -0.246. The molecule has 1 aromatic carbocycles. The number of hydrogen-bond acceptors (Lipinski definition) is 2. The fourth-order valence-electron chi connectivity index (χ4n) is 2.01. The van der Waals surface area contributed by atoms with E-state index in [-0.39, 0.29) is 11.9 Å². The molecule has 0 radical (unpaired) electrons. The molecule has 18 heavy (non-hydrogen) atoms. The first-order valence-electron chi connectivity index (χ1n) is 5.79. The average Bonchev–Trinajstić information content (AvgIpc) is 2.71. The summed E-state index contributed by atoms with van der Waals surface area (Å²) in [6, 6.07) is 6.80. The van der Waals surface area contributed by atoms with Gasteiger partial charge < -0.3 is 5.32 Å². The number of rotatable bonds is 4. The van der Waals surface area contributed by atoms with E-state index in [1.807, 2.05) is 26.1 Å². The first-order chi connectivity index (χ1) is 8.61.